The van der Waals surface area contributed by atoms with Gasteiger partial charge in [0.15, 0.2) is 21.3 Å². The third kappa shape index (κ3) is 2.20. The average molecular weight is 313 g/mol. The summed E-state index contributed by atoms with van der Waals surface area (Å²) in [5.41, 5.74) is 6.22. The Hall–Kier alpha value is -1.31. The first-order chi connectivity index (χ1) is 9.94. The van der Waals surface area contributed by atoms with Crippen molar-refractivity contribution in [3.63, 3.8) is 0 Å². The standard InChI is InChI=1S/C14H19NO5S/c1-18-7-14(6-15)12(13(14)21(2,16)17)9-3-4-10-11(5-9)20-8-19-10/h3-5,12-13H,6-8,15H2,1-2H3/t12-,13-,14-/m0/s1. The van der Waals surface area contributed by atoms with Crippen LogP contribution < -0.4 is 15.2 Å². The van der Waals surface area contributed by atoms with E-state index in [4.69, 9.17) is 19.9 Å². The van der Waals surface area contributed by atoms with Crippen LogP contribution in [0.1, 0.15) is 11.5 Å². The Balaban J connectivity index is 2.00. The maximum absolute atomic E-state index is 12.1. The maximum Gasteiger partial charge on any atom is 0.231 e. The van der Waals surface area contributed by atoms with Gasteiger partial charge in [0.1, 0.15) is 0 Å². The van der Waals surface area contributed by atoms with Crippen LogP contribution >= 0.6 is 0 Å². The van der Waals surface area contributed by atoms with Crippen molar-refractivity contribution in [1.82, 2.24) is 0 Å². The molecule has 6 nitrogen and oxygen atoms in total. The number of fused-ring (bicyclic) bond motifs is 1. The first-order valence-corrected chi connectivity index (χ1v) is 8.67. The summed E-state index contributed by atoms with van der Waals surface area (Å²) in [6.07, 6.45) is 1.25. The Labute approximate surface area is 124 Å². The largest absolute Gasteiger partial charge is 0.454 e. The summed E-state index contributed by atoms with van der Waals surface area (Å²) in [6, 6.07) is 5.53. The lowest BCUT2D eigenvalue weighted by atomic mass is 9.99. The summed E-state index contributed by atoms with van der Waals surface area (Å²) in [5, 5.41) is -0.518. The molecule has 116 valence electrons. The molecule has 0 saturated heterocycles. The van der Waals surface area contributed by atoms with Gasteiger partial charge in [0, 0.05) is 31.2 Å². The molecule has 1 fully saturated rings. The van der Waals surface area contributed by atoms with Crippen molar-refractivity contribution in [3.8, 4) is 11.5 Å². The second-order valence-corrected chi connectivity index (χ2v) is 7.88. The van der Waals surface area contributed by atoms with E-state index in [0.717, 1.165) is 5.56 Å². The van der Waals surface area contributed by atoms with Gasteiger partial charge in [-0.1, -0.05) is 6.07 Å². The summed E-state index contributed by atoms with van der Waals surface area (Å²) < 4.78 is 40.1. The van der Waals surface area contributed by atoms with Crippen LogP contribution in [0.2, 0.25) is 0 Å². The number of hydrogen-bond donors (Lipinski definition) is 1. The molecule has 21 heavy (non-hydrogen) atoms. The molecule has 3 rings (SSSR count). The van der Waals surface area contributed by atoms with E-state index in [2.05, 4.69) is 0 Å². The van der Waals surface area contributed by atoms with Crippen molar-refractivity contribution in [2.75, 3.05) is 33.3 Å². The number of methoxy groups -OCH3 is 1. The van der Waals surface area contributed by atoms with Crippen LogP contribution in [-0.2, 0) is 14.6 Å². The van der Waals surface area contributed by atoms with Gasteiger partial charge in [-0.05, 0) is 17.7 Å². The molecule has 1 aliphatic carbocycles. The van der Waals surface area contributed by atoms with Crippen LogP contribution in [0.15, 0.2) is 18.2 Å². The van der Waals surface area contributed by atoms with Crippen LogP contribution in [0.25, 0.3) is 0 Å². The van der Waals surface area contributed by atoms with E-state index >= 15 is 0 Å². The van der Waals surface area contributed by atoms with Gasteiger partial charge in [-0.3, -0.25) is 0 Å². The van der Waals surface area contributed by atoms with Crippen LogP contribution in [0.4, 0.5) is 0 Å². The number of nitrogens with two attached hydrogens (primary N) is 1. The van der Waals surface area contributed by atoms with E-state index in [1.807, 2.05) is 18.2 Å². The predicted molar refractivity (Wildman–Crippen MR) is 77.3 cm³/mol. The molecular formula is C14H19NO5S. The van der Waals surface area contributed by atoms with Crippen molar-refractivity contribution in [3.05, 3.63) is 23.8 Å². The van der Waals surface area contributed by atoms with Gasteiger partial charge >= 0.3 is 0 Å². The highest BCUT2D eigenvalue weighted by Crippen LogP contribution is 2.62. The van der Waals surface area contributed by atoms with E-state index < -0.39 is 20.5 Å². The molecule has 1 heterocycles. The van der Waals surface area contributed by atoms with Crippen LogP contribution in [-0.4, -0.2) is 47.0 Å². The molecular weight excluding hydrogens is 294 g/mol. The number of benzene rings is 1. The van der Waals surface area contributed by atoms with Crippen molar-refractivity contribution in [1.29, 1.82) is 0 Å². The predicted octanol–water partition coefficient (Wildman–Crippen LogP) is 0.517. The topological polar surface area (TPSA) is 87.8 Å². The second-order valence-electron chi connectivity index (χ2n) is 5.71. The zero-order valence-corrected chi connectivity index (χ0v) is 12.9. The fraction of sp³-hybridized carbons (Fsp3) is 0.571. The quantitative estimate of drug-likeness (QED) is 0.852. The molecule has 2 aliphatic rings. The van der Waals surface area contributed by atoms with Crippen molar-refractivity contribution in [2.45, 2.75) is 11.2 Å². The molecule has 1 aromatic rings. The Bertz CT molecular complexity index is 659. The van der Waals surface area contributed by atoms with E-state index in [0.29, 0.717) is 18.1 Å². The Morgan fingerprint density at radius 3 is 2.71 bits per heavy atom. The van der Waals surface area contributed by atoms with Crippen molar-refractivity contribution >= 4 is 9.84 Å². The monoisotopic (exact) mass is 313 g/mol. The first kappa shape index (κ1) is 14.6. The van der Waals surface area contributed by atoms with Gasteiger partial charge in [0.05, 0.1) is 11.9 Å². The molecule has 0 radical (unpaired) electrons. The van der Waals surface area contributed by atoms with E-state index in [1.54, 1.807) is 7.11 Å². The molecule has 0 unspecified atom stereocenters. The fourth-order valence-corrected chi connectivity index (χ4v) is 5.49. The van der Waals surface area contributed by atoms with E-state index in [1.165, 1.54) is 6.26 Å². The van der Waals surface area contributed by atoms with E-state index in [-0.39, 0.29) is 19.3 Å². The number of ether oxygens (including phenoxy) is 3. The Morgan fingerprint density at radius 2 is 2.10 bits per heavy atom. The number of hydrogen-bond acceptors (Lipinski definition) is 6. The minimum absolute atomic E-state index is 0.174. The molecule has 0 aromatic heterocycles. The lowest BCUT2D eigenvalue weighted by Gasteiger charge is -2.14. The molecule has 3 atom stereocenters. The number of sulfone groups is 1. The highest BCUT2D eigenvalue weighted by atomic mass is 32.2. The van der Waals surface area contributed by atoms with Crippen LogP contribution in [0.5, 0.6) is 11.5 Å². The van der Waals surface area contributed by atoms with Gasteiger partial charge in [0.2, 0.25) is 6.79 Å². The zero-order chi connectivity index (χ0) is 15.3. The van der Waals surface area contributed by atoms with Gasteiger partial charge in [-0.15, -0.1) is 0 Å². The summed E-state index contributed by atoms with van der Waals surface area (Å²) in [4.78, 5) is 0. The third-order valence-corrected chi connectivity index (χ3v) is 6.05. The SMILES string of the molecule is COC[C@@]1(CN)[C@@H](c2ccc3c(c2)OCO3)[C@@H]1S(C)(=O)=O. The van der Waals surface area contributed by atoms with Crippen LogP contribution in [0.3, 0.4) is 0 Å². The van der Waals surface area contributed by atoms with Gasteiger partial charge in [-0.2, -0.15) is 0 Å². The molecule has 2 N–H and O–H groups in total. The summed E-state index contributed by atoms with van der Waals surface area (Å²) >= 11 is 0. The molecule has 0 spiro atoms. The summed E-state index contributed by atoms with van der Waals surface area (Å²) in [7, 11) is -1.65. The van der Waals surface area contributed by atoms with Crippen molar-refractivity contribution in [2.24, 2.45) is 11.1 Å². The average Bonchev–Trinajstić information content (AvgIpc) is 2.88. The molecule has 7 heteroatoms. The highest BCUT2D eigenvalue weighted by molar-refractivity contribution is 7.91. The third-order valence-electron chi connectivity index (χ3n) is 4.39. The lowest BCUT2D eigenvalue weighted by molar-refractivity contribution is 0.142. The van der Waals surface area contributed by atoms with Gasteiger partial charge in [-0.25, -0.2) is 8.42 Å². The van der Waals surface area contributed by atoms with Gasteiger partial charge in [0.25, 0.3) is 0 Å². The molecule has 1 aliphatic heterocycles. The first-order valence-electron chi connectivity index (χ1n) is 6.71. The van der Waals surface area contributed by atoms with Crippen molar-refractivity contribution < 1.29 is 22.6 Å². The summed E-state index contributed by atoms with van der Waals surface area (Å²) in [6.45, 7) is 0.775. The molecule has 0 amide bonds. The zero-order valence-electron chi connectivity index (χ0n) is 12.0. The highest BCUT2D eigenvalue weighted by Gasteiger charge is 2.69. The van der Waals surface area contributed by atoms with E-state index in [9.17, 15) is 8.42 Å². The lowest BCUT2D eigenvalue weighted by Crippen LogP contribution is -2.28. The maximum atomic E-state index is 12.1. The normalized spacial score (nSPS) is 30.4. The molecule has 1 saturated carbocycles. The minimum atomic E-state index is -3.21. The van der Waals surface area contributed by atoms with Gasteiger partial charge < -0.3 is 19.9 Å². The Kier molecular flexibility index (Phi) is 3.38. The Morgan fingerprint density at radius 1 is 1.38 bits per heavy atom. The van der Waals surface area contributed by atoms with Crippen LogP contribution in [0, 0.1) is 5.41 Å². The second kappa shape index (κ2) is 4.86. The summed E-state index contributed by atoms with van der Waals surface area (Å²) in [5.74, 6) is 1.15. The smallest absolute Gasteiger partial charge is 0.231 e. The fourth-order valence-electron chi connectivity index (χ4n) is 3.48. The molecule has 0 bridgehead atoms. The molecule has 1 aromatic carbocycles. The minimum Gasteiger partial charge on any atom is -0.454 e. The number of rotatable bonds is 5.